The molecule has 1 heterocycles. The third-order valence-corrected chi connectivity index (χ3v) is 9.43. The fourth-order valence-electron chi connectivity index (χ4n) is 6.12. The number of anilines is 2. The molecule has 0 bridgehead atoms. The first kappa shape index (κ1) is 47.6. The van der Waals surface area contributed by atoms with Crippen LogP contribution < -0.4 is 29.8 Å². The smallest absolute Gasteiger partial charge is 0.301 e. The molecule has 0 amide bonds. The first-order valence-corrected chi connectivity index (χ1v) is 20.4. The van der Waals surface area contributed by atoms with Crippen LogP contribution in [0.15, 0.2) is 83.0 Å². The van der Waals surface area contributed by atoms with Crippen molar-refractivity contribution in [3.05, 3.63) is 124 Å². The highest BCUT2D eigenvalue weighted by Crippen LogP contribution is 2.34. The lowest BCUT2D eigenvalue weighted by Crippen LogP contribution is -2.16. The van der Waals surface area contributed by atoms with E-state index in [9.17, 15) is 40.5 Å². The quantitative estimate of drug-likeness (QED) is 0.0605. The van der Waals surface area contributed by atoms with Crippen molar-refractivity contribution in [3.63, 3.8) is 0 Å². The van der Waals surface area contributed by atoms with E-state index in [-0.39, 0.29) is 64.2 Å². The first-order valence-electron chi connectivity index (χ1n) is 20.4. The minimum Gasteiger partial charge on any atom is -0.487 e. The van der Waals surface area contributed by atoms with Gasteiger partial charge in [-0.1, -0.05) is 26.7 Å². The Morgan fingerprint density at radius 2 is 0.875 bits per heavy atom. The van der Waals surface area contributed by atoms with Crippen LogP contribution >= 0.6 is 0 Å². The van der Waals surface area contributed by atoms with Crippen LogP contribution in [0, 0.1) is 40.5 Å². The molecule has 0 atom stereocenters. The summed E-state index contributed by atoms with van der Waals surface area (Å²) >= 11 is 0. The fraction of sp³-hybridized carbons (Fsp3) is 0.381. The van der Waals surface area contributed by atoms with Gasteiger partial charge >= 0.3 is 11.4 Å². The molecule has 4 aromatic rings. The van der Waals surface area contributed by atoms with E-state index in [0.29, 0.717) is 58.4 Å². The standard InChI is InChI=1S/C42H48N8O14/c1-3-5-7-33(43-45-35-13-11-31(47(51)52)27-37(35)49(55)56)29-9-15-39-41(25-29)63-23-19-60-20-24-64-42-26-30(10-16-40(42)62-22-18-59-17-21-61-39)34(8-6-4-2)44-46-36-14-12-32(48(53)54)28-38(36)50(57)58/h9-16,25-28,45-46H,3-8,17-24H2,1-2H3. The summed E-state index contributed by atoms with van der Waals surface area (Å²) in [7, 11) is 0. The molecule has 1 aliphatic heterocycles. The van der Waals surface area contributed by atoms with E-state index < -0.39 is 42.4 Å². The molecule has 0 fully saturated rings. The van der Waals surface area contributed by atoms with Crippen molar-refractivity contribution in [1.29, 1.82) is 0 Å². The number of nitro groups is 4. The van der Waals surface area contributed by atoms with E-state index >= 15 is 0 Å². The zero-order valence-corrected chi connectivity index (χ0v) is 35.2. The van der Waals surface area contributed by atoms with Gasteiger partial charge in [0.15, 0.2) is 23.0 Å². The van der Waals surface area contributed by atoms with Gasteiger partial charge in [-0.05, 0) is 74.2 Å². The van der Waals surface area contributed by atoms with Gasteiger partial charge in [0.1, 0.15) is 37.8 Å². The van der Waals surface area contributed by atoms with E-state index in [2.05, 4.69) is 21.1 Å². The monoisotopic (exact) mass is 888 g/mol. The Bertz CT molecular complexity index is 2180. The Balaban J connectivity index is 1.30. The fourth-order valence-corrected chi connectivity index (χ4v) is 6.12. The number of fused-ring (bicyclic) bond motifs is 2. The van der Waals surface area contributed by atoms with Gasteiger partial charge in [-0.3, -0.25) is 51.3 Å². The molecule has 4 aromatic carbocycles. The molecule has 22 heteroatoms. The summed E-state index contributed by atoms with van der Waals surface area (Å²) in [4.78, 5) is 43.0. The lowest BCUT2D eigenvalue weighted by molar-refractivity contribution is -0.393. The summed E-state index contributed by atoms with van der Waals surface area (Å²) in [5, 5.41) is 54.9. The highest BCUT2D eigenvalue weighted by Gasteiger charge is 2.22. The third kappa shape index (κ3) is 13.8. The van der Waals surface area contributed by atoms with Gasteiger partial charge in [-0.25, -0.2) is 0 Å². The molecule has 0 saturated heterocycles. The summed E-state index contributed by atoms with van der Waals surface area (Å²) in [5.74, 6) is 1.67. The average Bonchev–Trinajstić information content (AvgIpc) is 3.28. The Morgan fingerprint density at radius 3 is 1.22 bits per heavy atom. The highest BCUT2D eigenvalue weighted by molar-refractivity contribution is 6.02. The van der Waals surface area contributed by atoms with E-state index in [1.54, 1.807) is 36.4 Å². The van der Waals surface area contributed by atoms with E-state index in [1.165, 1.54) is 12.1 Å². The lowest BCUT2D eigenvalue weighted by Gasteiger charge is -2.17. The molecule has 22 nitrogen and oxygen atoms in total. The van der Waals surface area contributed by atoms with E-state index in [0.717, 1.165) is 49.9 Å². The number of hydrogen-bond donors (Lipinski definition) is 2. The van der Waals surface area contributed by atoms with E-state index in [4.69, 9.17) is 28.4 Å². The van der Waals surface area contributed by atoms with Crippen molar-refractivity contribution < 1.29 is 48.1 Å². The number of unbranched alkanes of at least 4 members (excludes halogenated alkanes) is 2. The molecule has 2 N–H and O–H groups in total. The van der Waals surface area contributed by atoms with Crippen LogP contribution in [0.3, 0.4) is 0 Å². The van der Waals surface area contributed by atoms with Gasteiger partial charge in [0, 0.05) is 23.3 Å². The highest BCUT2D eigenvalue weighted by atomic mass is 16.6. The molecule has 0 radical (unpaired) electrons. The SMILES string of the molecule is CCCCC(=NNc1ccc([N+](=O)[O-])cc1[N+](=O)[O-])c1ccc2c(c1)OCCOCCOc1cc(C(CCCC)=NNc3ccc([N+](=O)[O-])cc3[N+](=O)[O-])ccc1OCCOCCO2. The minimum absolute atomic E-state index is 0.00841. The number of ether oxygens (including phenoxy) is 6. The molecular formula is C42H48N8O14. The molecule has 1 aliphatic rings. The number of hydrazone groups is 2. The molecule has 0 saturated carbocycles. The molecular weight excluding hydrogens is 841 g/mol. The number of rotatable bonds is 16. The molecule has 0 aliphatic carbocycles. The zero-order chi connectivity index (χ0) is 45.8. The largest absolute Gasteiger partial charge is 0.487 e. The van der Waals surface area contributed by atoms with Crippen LogP contribution in [0.1, 0.15) is 63.5 Å². The molecule has 0 spiro atoms. The van der Waals surface area contributed by atoms with Gasteiger partial charge < -0.3 is 28.4 Å². The summed E-state index contributed by atoms with van der Waals surface area (Å²) < 4.78 is 36.0. The van der Waals surface area contributed by atoms with Crippen LogP contribution in [-0.4, -0.2) is 84.0 Å². The maximum absolute atomic E-state index is 11.7. The Labute approximate surface area is 366 Å². The number of nitro benzene ring substituents is 4. The Hall–Kier alpha value is -7.46. The molecule has 64 heavy (non-hydrogen) atoms. The molecule has 5 rings (SSSR count). The van der Waals surface area contributed by atoms with Crippen molar-refractivity contribution in [2.24, 2.45) is 10.2 Å². The number of nitrogens with one attached hydrogen (secondary N) is 2. The molecule has 0 aromatic heterocycles. The second kappa shape index (κ2) is 24.2. The summed E-state index contributed by atoms with van der Waals surface area (Å²) in [6.45, 7) is 5.43. The second-order valence-electron chi connectivity index (χ2n) is 13.9. The van der Waals surface area contributed by atoms with Crippen LogP contribution in [0.25, 0.3) is 0 Å². The van der Waals surface area contributed by atoms with Gasteiger partial charge in [0.05, 0.1) is 69.7 Å². The van der Waals surface area contributed by atoms with E-state index in [1.807, 2.05) is 13.8 Å². The van der Waals surface area contributed by atoms with Crippen molar-refractivity contribution in [2.75, 3.05) is 63.7 Å². The van der Waals surface area contributed by atoms with Gasteiger partial charge in [-0.15, -0.1) is 0 Å². The molecule has 0 unspecified atom stereocenters. The van der Waals surface area contributed by atoms with Crippen LogP contribution in [0.5, 0.6) is 23.0 Å². The maximum Gasteiger partial charge on any atom is 0.301 e. The number of non-ortho nitro benzene ring substituents is 2. The average molecular weight is 889 g/mol. The number of benzene rings is 4. The van der Waals surface area contributed by atoms with Crippen molar-refractivity contribution in [3.8, 4) is 23.0 Å². The normalized spacial score (nSPS) is 14.1. The maximum atomic E-state index is 11.7. The number of hydrogen-bond acceptors (Lipinski definition) is 18. The second-order valence-corrected chi connectivity index (χ2v) is 13.9. The van der Waals surface area contributed by atoms with Gasteiger partial charge in [-0.2, -0.15) is 10.2 Å². The van der Waals surface area contributed by atoms with Crippen LogP contribution in [-0.2, 0) is 9.47 Å². The lowest BCUT2D eigenvalue weighted by atomic mass is 10.0. The van der Waals surface area contributed by atoms with Crippen LogP contribution in [0.2, 0.25) is 0 Å². The third-order valence-electron chi connectivity index (χ3n) is 9.43. The van der Waals surface area contributed by atoms with Crippen molar-refractivity contribution in [2.45, 2.75) is 52.4 Å². The number of nitrogens with zero attached hydrogens (tertiary/aromatic N) is 6. The summed E-state index contributed by atoms with van der Waals surface area (Å²) in [5.41, 5.74) is 6.06. The zero-order valence-electron chi connectivity index (χ0n) is 35.2. The van der Waals surface area contributed by atoms with Crippen LogP contribution in [0.4, 0.5) is 34.1 Å². The van der Waals surface area contributed by atoms with Crippen molar-refractivity contribution in [1.82, 2.24) is 0 Å². The van der Waals surface area contributed by atoms with Gasteiger partial charge in [0.25, 0.3) is 11.4 Å². The van der Waals surface area contributed by atoms with Crippen molar-refractivity contribution >= 4 is 45.5 Å². The first-order chi connectivity index (χ1) is 31.0. The Morgan fingerprint density at radius 1 is 0.500 bits per heavy atom. The van der Waals surface area contributed by atoms with Gasteiger partial charge in [0.2, 0.25) is 0 Å². The predicted octanol–water partition coefficient (Wildman–Crippen LogP) is 8.59. The minimum atomic E-state index is -0.714. The predicted molar refractivity (Wildman–Crippen MR) is 235 cm³/mol. The summed E-state index contributed by atoms with van der Waals surface area (Å²) in [6.07, 6.45) is 4.19. The molecule has 340 valence electrons. The summed E-state index contributed by atoms with van der Waals surface area (Å²) in [6, 6.07) is 17.1. The Kier molecular flexibility index (Phi) is 18.0. The topological polar surface area (TPSA) is 277 Å².